The zero-order chi connectivity index (χ0) is 33.9. The topological polar surface area (TPSA) is 115 Å². The third-order valence-corrected chi connectivity index (χ3v) is 10.1. The van der Waals surface area contributed by atoms with E-state index in [0.717, 1.165) is 49.7 Å². The largest absolute Gasteiger partial charge is 0.390 e. The molecule has 5 rings (SSSR count). The van der Waals surface area contributed by atoms with E-state index in [4.69, 9.17) is 14.7 Å². The number of rotatable bonds is 17. The Labute approximate surface area is 285 Å². The van der Waals surface area contributed by atoms with Crippen molar-refractivity contribution in [1.29, 1.82) is 5.26 Å². The second-order valence-electron chi connectivity index (χ2n) is 13.8. The summed E-state index contributed by atoms with van der Waals surface area (Å²) in [4.78, 5) is 30.5. The molecule has 2 unspecified atom stereocenters. The molecule has 9 nitrogen and oxygen atoms in total. The fraction of sp³-hybridized carbons (Fsp3) is 0.564. The lowest BCUT2D eigenvalue weighted by molar-refractivity contribution is -0.00235. The van der Waals surface area contributed by atoms with Crippen molar-refractivity contribution in [3.63, 3.8) is 0 Å². The van der Waals surface area contributed by atoms with Gasteiger partial charge in [0.1, 0.15) is 11.4 Å². The summed E-state index contributed by atoms with van der Waals surface area (Å²) in [7, 11) is 3.66. The van der Waals surface area contributed by atoms with E-state index in [1.54, 1.807) is 19.2 Å². The number of nitrogens with zero attached hydrogens (tertiary/aromatic N) is 3. The molecule has 1 saturated carbocycles. The van der Waals surface area contributed by atoms with Gasteiger partial charge in [0, 0.05) is 52.4 Å². The van der Waals surface area contributed by atoms with Crippen molar-refractivity contribution in [2.45, 2.75) is 82.6 Å². The van der Waals surface area contributed by atoms with Crippen LogP contribution in [0, 0.1) is 23.2 Å². The maximum atomic E-state index is 13.2. The lowest BCUT2D eigenvalue weighted by Crippen LogP contribution is -2.50. The average Bonchev–Trinajstić information content (AvgIpc) is 3.12. The minimum absolute atomic E-state index is 0.124. The summed E-state index contributed by atoms with van der Waals surface area (Å²) in [6, 6.07) is 19.5. The standard InChI is InChI=1S/C39H52N4O5/c1-42(25-30-18-16-29(24-40)17-19-30)27-34(44)33(23-28-11-5-3-6-12-28)41-35-36(38(46)37(35)45)43-20-9-15-32(26-43)39(48-22-10-21-47-2)31-13-7-4-8-14-31/h4,7-8,13-14,16-19,28,32-34,39,41,44H,3,5-6,9-12,15,20-23,25-27H2,1-2H3/t32?,33-,34+,39?/m0/s1. The summed E-state index contributed by atoms with van der Waals surface area (Å²) in [6.07, 6.45) is 8.37. The van der Waals surface area contributed by atoms with Crippen molar-refractivity contribution in [3.05, 3.63) is 91.7 Å². The SMILES string of the molecule is COCCCOC(c1ccccc1)C1CCCN(c2c(N[C@@H](CC3CCCCC3)[C@H](O)CN(C)Cc3ccc(C#N)cc3)c(=O)c2=O)C1. The smallest absolute Gasteiger partial charge is 0.253 e. The number of piperidine rings is 1. The van der Waals surface area contributed by atoms with E-state index in [-0.39, 0.29) is 18.1 Å². The predicted octanol–water partition coefficient (Wildman–Crippen LogP) is 5.41. The van der Waals surface area contributed by atoms with Crippen molar-refractivity contribution in [3.8, 4) is 6.07 Å². The van der Waals surface area contributed by atoms with E-state index in [1.165, 1.54) is 19.3 Å². The molecule has 2 fully saturated rings. The normalized spacial score (nSPS) is 19.2. The number of ether oxygens (including phenoxy) is 2. The van der Waals surface area contributed by atoms with Gasteiger partial charge in [-0.1, -0.05) is 74.6 Å². The number of aliphatic hydroxyl groups is 1. The molecule has 48 heavy (non-hydrogen) atoms. The molecular formula is C39H52N4O5. The highest BCUT2D eigenvalue weighted by Gasteiger charge is 2.36. The van der Waals surface area contributed by atoms with Gasteiger partial charge in [-0.2, -0.15) is 5.26 Å². The molecule has 3 aromatic rings. The van der Waals surface area contributed by atoms with Gasteiger partial charge in [-0.05, 0) is 61.9 Å². The molecule has 1 heterocycles. The van der Waals surface area contributed by atoms with Crippen LogP contribution < -0.4 is 21.1 Å². The molecule has 3 aromatic carbocycles. The van der Waals surface area contributed by atoms with E-state index in [9.17, 15) is 14.7 Å². The van der Waals surface area contributed by atoms with Crippen LogP contribution in [0.1, 0.15) is 80.6 Å². The van der Waals surface area contributed by atoms with Crippen LogP contribution >= 0.6 is 0 Å². The Morgan fingerprint density at radius 3 is 2.46 bits per heavy atom. The molecule has 0 spiro atoms. The molecule has 0 radical (unpaired) electrons. The van der Waals surface area contributed by atoms with Crippen LogP contribution in [0.4, 0.5) is 11.4 Å². The second-order valence-corrected chi connectivity index (χ2v) is 13.8. The summed E-state index contributed by atoms with van der Waals surface area (Å²) >= 11 is 0. The zero-order valence-electron chi connectivity index (χ0n) is 28.6. The van der Waals surface area contributed by atoms with Crippen LogP contribution in [-0.2, 0) is 16.0 Å². The fourth-order valence-electron chi connectivity index (χ4n) is 7.62. The number of nitriles is 1. The number of hydrogen-bond donors (Lipinski definition) is 2. The third-order valence-electron chi connectivity index (χ3n) is 10.1. The van der Waals surface area contributed by atoms with Gasteiger partial charge in [-0.25, -0.2) is 0 Å². The first-order chi connectivity index (χ1) is 23.4. The zero-order valence-corrected chi connectivity index (χ0v) is 28.6. The summed E-state index contributed by atoms with van der Waals surface area (Å²) in [5, 5.41) is 24.2. The minimum atomic E-state index is -0.746. The van der Waals surface area contributed by atoms with Crippen LogP contribution in [0.25, 0.3) is 0 Å². The maximum Gasteiger partial charge on any atom is 0.253 e. The number of benzene rings is 2. The summed E-state index contributed by atoms with van der Waals surface area (Å²) in [5.41, 5.74) is 2.67. The van der Waals surface area contributed by atoms with Crippen LogP contribution in [0.2, 0.25) is 0 Å². The number of anilines is 2. The molecule has 2 N–H and O–H groups in total. The van der Waals surface area contributed by atoms with E-state index < -0.39 is 17.0 Å². The molecule has 1 aliphatic carbocycles. The van der Waals surface area contributed by atoms with Gasteiger partial charge >= 0.3 is 0 Å². The molecule has 0 amide bonds. The molecule has 4 atom stereocenters. The van der Waals surface area contributed by atoms with Crippen LogP contribution in [-0.4, -0.2) is 69.2 Å². The van der Waals surface area contributed by atoms with Crippen molar-refractivity contribution >= 4 is 11.4 Å². The lowest BCUT2D eigenvalue weighted by atomic mass is 9.83. The van der Waals surface area contributed by atoms with E-state index >= 15 is 0 Å². The third kappa shape index (κ3) is 9.32. The molecule has 2 aliphatic rings. The van der Waals surface area contributed by atoms with Crippen molar-refractivity contribution in [2.75, 3.05) is 57.2 Å². The van der Waals surface area contributed by atoms with Crippen molar-refractivity contribution in [1.82, 2.24) is 4.90 Å². The first-order valence-corrected chi connectivity index (χ1v) is 17.7. The molecule has 9 heteroatoms. The first-order valence-electron chi connectivity index (χ1n) is 17.7. The predicted molar refractivity (Wildman–Crippen MR) is 190 cm³/mol. The van der Waals surface area contributed by atoms with E-state index in [1.807, 2.05) is 37.4 Å². The Morgan fingerprint density at radius 2 is 1.75 bits per heavy atom. The van der Waals surface area contributed by atoms with Crippen LogP contribution in [0.3, 0.4) is 0 Å². The Hall–Kier alpha value is -3.55. The quantitative estimate of drug-likeness (QED) is 0.145. The number of aliphatic hydroxyl groups excluding tert-OH is 1. The van der Waals surface area contributed by atoms with Gasteiger partial charge in [0.15, 0.2) is 0 Å². The number of hydrogen-bond acceptors (Lipinski definition) is 9. The van der Waals surface area contributed by atoms with Gasteiger partial charge < -0.3 is 24.8 Å². The monoisotopic (exact) mass is 656 g/mol. The van der Waals surface area contributed by atoms with Crippen LogP contribution in [0.15, 0.2) is 64.2 Å². The molecule has 0 aromatic heterocycles. The van der Waals surface area contributed by atoms with Gasteiger partial charge in [-0.15, -0.1) is 0 Å². The number of methoxy groups -OCH3 is 1. The molecular weight excluding hydrogens is 604 g/mol. The Bertz CT molecular complexity index is 1520. The Kier molecular flexibility index (Phi) is 13.2. The van der Waals surface area contributed by atoms with E-state index in [2.05, 4.69) is 33.3 Å². The number of likely N-dealkylation sites (N-methyl/N-ethyl adjacent to an activating group) is 1. The highest BCUT2D eigenvalue weighted by atomic mass is 16.5. The van der Waals surface area contributed by atoms with Gasteiger partial charge in [-0.3, -0.25) is 14.5 Å². The maximum absolute atomic E-state index is 13.2. The second kappa shape index (κ2) is 17.7. The number of nitrogens with one attached hydrogen (secondary N) is 1. The van der Waals surface area contributed by atoms with Gasteiger partial charge in [0.25, 0.3) is 10.9 Å². The summed E-state index contributed by atoms with van der Waals surface area (Å²) in [5.74, 6) is 0.617. The van der Waals surface area contributed by atoms with Crippen molar-refractivity contribution in [2.24, 2.45) is 11.8 Å². The van der Waals surface area contributed by atoms with Crippen LogP contribution in [0.5, 0.6) is 0 Å². The first kappa shape index (κ1) is 35.7. The summed E-state index contributed by atoms with van der Waals surface area (Å²) in [6.45, 7) is 3.56. The molecule has 1 aliphatic heterocycles. The van der Waals surface area contributed by atoms with Crippen molar-refractivity contribution < 1.29 is 14.6 Å². The van der Waals surface area contributed by atoms with Gasteiger partial charge in [0.2, 0.25) is 0 Å². The highest BCUT2D eigenvalue weighted by Crippen LogP contribution is 2.36. The lowest BCUT2D eigenvalue weighted by Gasteiger charge is -2.40. The van der Waals surface area contributed by atoms with Gasteiger partial charge in [0.05, 0.1) is 29.9 Å². The molecule has 258 valence electrons. The average molecular weight is 657 g/mol. The highest BCUT2D eigenvalue weighted by molar-refractivity contribution is 5.75. The van der Waals surface area contributed by atoms with E-state index in [0.29, 0.717) is 62.2 Å². The minimum Gasteiger partial charge on any atom is -0.390 e. The Morgan fingerprint density at radius 1 is 1.00 bits per heavy atom. The Balaban J connectivity index is 1.31. The fourth-order valence-corrected chi connectivity index (χ4v) is 7.62. The summed E-state index contributed by atoms with van der Waals surface area (Å²) < 4.78 is 11.7. The molecule has 1 saturated heterocycles. The molecule has 0 bridgehead atoms.